The van der Waals surface area contributed by atoms with Gasteiger partial charge in [0.15, 0.2) is 0 Å². The zero-order valence-electron chi connectivity index (χ0n) is 8.18. The minimum Gasteiger partial charge on any atom is -0.257 e. The summed E-state index contributed by atoms with van der Waals surface area (Å²) < 4.78 is 0. The van der Waals surface area contributed by atoms with Gasteiger partial charge in [0.25, 0.3) is 0 Å². The number of hydrogen-bond acceptors (Lipinski definition) is 1. The number of benzene rings is 1. The van der Waals surface area contributed by atoms with Crippen LogP contribution in [0.3, 0.4) is 0 Å². The Bertz CT molecular complexity index is 412. The first-order chi connectivity index (χ1) is 6.84. The molecule has 0 saturated heterocycles. The molecule has 2 aromatic rings. The summed E-state index contributed by atoms with van der Waals surface area (Å²) in [4.78, 5) is 4.23. The number of rotatable bonds is 2. The normalized spacial score (nSPS) is 9.40. The van der Waals surface area contributed by atoms with Gasteiger partial charge in [0.1, 0.15) is 0 Å². The van der Waals surface area contributed by atoms with E-state index in [0.717, 1.165) is 17.7 Å². The van der Waals surface area contributed by atoms with Crippen molar-refractivity contribution in [3.8, 4) is 0 Å². The fraction of sp³-hybridized carbons (Fsp3) is 0.0769. The molecule has 0 N–H and O–H groups in total. The largest absolute Gasteiger partial charge is 0.257 e. The van der Waals surface area contributed by atoms with Crippen LogP contribution >= 0.6 is 0 Å². The third kappa shape index (κ3) is 3.60. The summed E-state index contributed by atoms with van der Waals surface area (Å²) in [6.45, 7) is 5.59. The van der Waals surface area contributed by atoms with Gasteiger partial charge in [-0.25, -0.2) is 0 Å². The molecule has 0 spiro atoms. The second-order valence-electron chi connectivity index (χ2n) is 3.12. The van der Waals surface area contributed by atoms with Crippen LogP contribution in [0.25, 0.3) is 0 Å². The summed E-state index contributed by atoms with van der Waals surface area (Å²) in [6.07, 6.45) is 0.784. The van der Waals surface area contributed by atoms with Crippen LogP contribution in [0.5, 0.6) is 0 Å². The molecule has 1 nitrogen and oxygen atoms in total. The first-order valence-corrected chi connectivity index (χ1v) is 4.51. The Morgan fingerprint density at radius 2 is 2.00 bits per heavy atom. The Labute approximate surface area is 105 Å². The van der Waals surface area contributed by atoms with Crippen LogP contribution < -0.4 is 0 Å². The van der Waals surface area contributed by atoms with E-state index in [1.807, 2.05) is 36.4 Å². The monoisotopic (exact) mass is 278 g/mol. The minimum absolute atomic E-state index is 0. The van der Waals surface area contributed by atoms with Crippen molar-refractivity contribution in [1.82, 2.24) is 4.98 Å². The smallest absolute Gasteiger partial charge is 0.0451 e. The fourth-order valence-corrected chi connectivity index (χ4v) is 1.33. The molecule has 2 heteroatoms. The standard InChI is InChI=1S/C13H10N.Mo/c1-11-6-5-9-13(14-11)10-12-7-3-2-4-8-12;/h1-7,9H,10H2;/q-1;. The van der Waals surface area contributed by atoms with Crippen molar-refractivity contribution in [1.29, 1.82) is 0 Å². The van der Waals surface area contributed by atoms with E-state index in [1.54, 1.807) is 6.07 Å². The molecule has 1 aromatic heterocycles. The molecular weight excluding hydrogens is 266 g/mol. The molecule has 1 heterocycles. The topological polar surface area (TPSA) is 12.9 Å². The van der Waals surface area contributed by atoms with Gasteiger partial charge in [-0.3, -0.25) is 4.98 Å². The van der Waals surface area contributed by atoms with E-state index >= 15 is 0 Å². The molecule has 0 unspecified atom stereocenters. The maximum Gasteiger partial charge on any atom is 0.0451 e. The van der Waals surface area contributed by atoms with Crippen LogP contribution in [0, 0.1) is 13.0 Å². The SMILES string of the molecule is [CH]c1cccc(Cc2[c-]cccc2)n1.[Mo]. The molecule has 0 saturated carbocycles. The van der Waals surface area contributed by atoms with Crippen molar-refractivity contribution < 1.29 is 21.1 Å². The van der Waals surface area contributed by atoms with Crippen molar-refractivity contribution in [2.24, 2.45) is 0 Å². The molecule has 15 heavy (non-hydrogen) atoms. The molecule has 2 radical (unpaired) electrons. The van der Waals surface area contributed by atoms with Gasteiger partial charge in [0, 0.05) is 39.4 Å². The molecule has 0 atom stereocenters. The van der Waals surface area contributed by atoms with Crippen molar-refractivity contribution in [2.45, 2.75) is 6.42 Å². The maximum atomic E-state index is 5.59. The van der Waals surface area contributed by atoms with Crippen LogP contribution in [0.2, 0.25) is 0 Å². The first kappa shape index (κ1) is 12.1. The van der Waals surface area contributed by atoms with Gasteiger partial charge in [-0.1, -0.05) is 6.07 Å². The van der Waals surface area contributed by atoms with Gasteiger partial charge in [-0.15, -0.1) is 0 Å². The number of nitrogens with zero attached hydrogens (tertiary/aromatic N) is 1. The molecule has 0 amide bonds. The molecule has 74 valence electrons. The zero-order chi connectivity index (χ0) is 9.80. The average molecular weight is 276 g/mol. The average Bonchev–Trinajstić information content (AvgIpc) is 2.19. The van der Waals surface area contributed by atoms with Gasteiger partial charge >= 0.3 is 0 Å². The van der Waals surface area contributed by atoms with Gasteiger partial charge in [0.2, 0.25) is 0 Å². The van der Waals surface area contributed by atoms with Gasteiger partial charge < -0.3 is 0 Å². The Hall–Kier alpha value is -0.942. The number of pyridine rings is 1. The molecule has 0 aliphatic heterocycles. The molecular formula is C13H10MoN-. The Balaban J connectivity index is 0.00000112. The van der Waals surface area contributed by atoms with Crippen LogP contribution in [0.4, 0.5) is 0 Å². The maximum absolute atomic E-state index is 5.59. The molecule has 0 aliphatic rings. The van der Waals surface area contributed by atoms with Crippen LogP contribution in [-0.4, -0.2) is 4.98 Å². The summed E-state index contributed by atoms with van der Waals surface area (Å²) in [5.41, 5.74) is 2.68. The quantitative estimate of drug-likeness (QED) is 0.606. The van der Waals surface area contributed by atoms with Crippen LogP contribution in [-0.2, 0) is 27.5 Å². The van der Waals surface area contributed by atoms with E-state index in [-0.39, 0.29) is 21.1 Å². The van der Waals surface area contributed by atoms with E-state index in [1.165, 1.54) is 0 Å². The summed E-state index contributed by atoms with van der Waals surface area (Å²) in [6, 6.07) is 16.7. The molecule has 0 bridgehead atoms. The fourth-order valence-electron chi connectivity index (χ4n) is 1.33. The van der Waals surface area contributed by atoms with Crippen LogP contribution in [0.1, 0.15) is 17.0 Å². The molecule has 2 rings (SSSR count). The van der Waals surface area contributed by atoms with Crippen molar-refractivity contribution >= 4 is 0 Å². The van der Waals surface area contributed by atoms with Gasteiger partial charge in [-0.2, -0.15) is 35.9 Å². The van der Waals surface area contributed by atoms with Gasteiger partial charge in [-0.05, 0) is 18.6 Å². The Kier molecular flexibility index (Phi) is 4.71. The predicted octanol–water partition coefficient (Wildman–Crippen LogP) is 2.53. The van der Waals surface area contributed by atoms with Crippen molar-refractivity contribution in [3.05, 3.63) is 72.4 Å². The van der Waals surface area contributed by atoms with Crippen LogP contribution in [0.15, 0.2) is 42.5 Å². The van der Waals surface area contributed by atoms with Gasteiger partial charge in [0.05, 0.1) is 0 Å². The molecule has 1 aromatic carbocycles. The van der Waals surface area contributed by atoms with E-state index < -0.39 is 0 Å². The Morgan fingerprint density at radius 3 is 2.67 bits per heavy atom. The van der Waals surface area contributed by atoms with Crippen molar-refractivity contribution in [3.63, 3.8) is 0 Å². The zero-order valence-corrected chi connectivity index (χ0v) is 10.2. The second kappa shape index (κ2) is 5.82. The molecule has 0 fully saturated rings. The summed E-state index contributed by atoms with van der Waals surface area (Å²) in [5.74, 6) is 0. The third-order valence-corrected chi connectivity index (χ3v) is 1.97. The van der Waals surface area contributed by atoms with E-state index in [0.29, 0.717) is 5.69 Å². The first-order valence-electron chi connectivity index (χ1n) is 4.51. The summed E-state index contributed by atoms with van der Waals surface area (Å²) in [7, 11) is 0. The minimum atomic E-state index is 0. The van der Waals surface area contributed by atoms with Crippen molar-refractivity contribution in [2.75, 3.05) is 0 Å². The predicted molar refractivity (Wildman–Crippen MR) is 55.7 cm³/mol. The summed E-state index contributed by atoms with van der Waals surface area (Å²) >= 11 is 0. The number of hydrogen-bond donors (Lipinski definition) is 0. The van der Waals surface area contributed by atoms with E-state index in [9.17, 15) is 0 Å². The van der Waals surface area contributed by atoms with E-state index in [2.05, 4.69) is 11.1 Å². The third-order valence-electron chi connectivity index (χ3n) is 1.97. The molecule has 0 aliphatic carbocycles. The Morgan fingerprint density at radius 1 is 1.13 bits per heavy atom. The number of aromatic nitrogens is 1. The summed E-state index contributed by atoms with van der Waals surface area (Å²) in [5, 5.41) is 0. The van der Waals surface area contributed by atoms with E-state index in [4.69, 9.17) is 6.92 Å². The second-order valence-corrected chi connectivity index (χ2v) is 3.12.